The van der Waals surface area contributed by atoms with Crippen molar-refractivity contribution in [3.63, 3.8) is 0 Å². The number of nitrogens with two attached hydrogens (primary N) is 1. The molecule has 0 spiro atoms. The van der Waals surface area contributed by atoms with Crippen molar-refractivity contribution in [2.75, 3.05) is 12.3 Å². The Kier molecular flexibility index (Phi) is 3.82. The first-order chi connectivity index (χ1) is 8.68. The second kappa shape index (κ2) is 5.54. The van der Waals surface area contributed by atoms with E-state index in [0.717, 1.165) is 29.0 Å². The number of rotatable bonds is 4. The lowest BCUT2D eigenvalue weighted by molar-refractivity contribution is 0.318. The van der Waals surface area contributed by atoms with Crippen molar-refractivity contribution in [2.24, 2.45) is 0 Å². The number of ether oxygens (including phenoxy) is 1. The summed E-state index contributed by atoms with van der Waals surface area (Å²) in [5, 5.41) is 0. The van der Waals surface area contributed by atoms with Gasteiger partial charge in [-0.3, -0.25) is 4.98 Å². The van der Waals surface area contributed by atoms with Crippen LogP contribution < -0.4 is 10.5 Å². The molecule has 0 saturated heterocycles. The topological polar surface area (TPSA) is 48.1 Å². The maximum absolute atomic E-state index is 5.88. The summed E-state index contributed by atoms with van der Waals surface area (Å²) in [5.41, 5.74) is 10.0. The lowest BCUT2D eigenvalue weighted by Crippen LogP contribution is -2.05. The molecule has 2 N–H and O–H groups in total. The standard InChI is InChI=1S/C15H18N2O/c1-11-3-4-14(16)12(2)15(11)18-10-7-13-5-8-17-9-6-13/h3-6,8-9H,7,10,16H2,1-2H3. The molecule has 1 aromatic heterocycles. The highest BCUT2D eigenvalue weighted by Crippen LogP contribution is 2.27. The van der Waals surface area contributed by atoms with Crippen LogP contribution in [0.2, 0.25) is 0 Å². The zero-order valence-electron chi connectivity index (χ0n) is 10.8. The Morgan fingerprint density at radius 3 is 2.56 bits per heavy atom. The molecule has 2 aromatic rings. The molecule has 0 aliphatic heterocycles. The Hall–Kier alpha value is -2.03. The predicted molar refractivity (Wildman–Crippen MR) is 73.8 cm³/mol. The average Bonchev–Trinajstić information content (AvgIpc) is 2.39. The molecule has 3 heteroatoms. The highest BCUT2D eigenvalue weighted by molar-refractivity contribution is 5.56. The van der Waals surface area contributed by atoms with Gasteiger partial charge in [-0.05, 0) is 43.2 Å². The van der Waals surface area contributed by atoms with E-state index in [-0.39, 0.29) is 0 Å². The van der Waals surface area contributed by atoms with E-state index < -0.39 is 0 Å². The third-order valence-corrected chi connectivity index (χ3v) is 3.03. The third-order valence-electron chi connectivity index (χ3n) is 3.03. The number of aromatic nitrogens is 1. The van der Waals surface area contributed by atoms with Gasteiger partial charge in [0.05, 0.1) is 6.61 Å². The van der Waals surface area contributed by atoms with E-state index in [1.54, 1.807) is 12.4 Å². The predicted octanol–water partition coefficient (Wildman–Crippen LogP) is 2.90. The molecule has 0 radical (unpaired) electrons. The molecule has 0 aliphatic carbocycles. The number of hydrogen-bond acceptors (Lipinski definition) is 3. The highest BCUT2D eigenvalue weighted by Gasteiger charge is 2.06. The van der Waals surface area contributed by atoms with E-state index in [1.807, 2.05) is 38.1 Å². The van der Waals surface area contributed by atoms with Crippen LogP contribution in [0.5, 0.6) is 5.75 Å². The van der Waals surface area contributed by atoms with Crippen LogP contribution in [0.3, 0.4) is 0 Å². The van der Waals surface area contributed by atoms with Crippen LogP contribution in [0.4, 0.5) is 5.69 Å². The Morgan fingerprint density at radius 2 is 1.83 bits per heavy atom. The first-order valence-electron chi connectivity index (χ1n) is 6.06. The van der Waals surface area contributed by atoms with Gasteiger partial charge in [0.2, 0.25) is 0 Å². The van der Waals surface area contributed by atoms with E-state index in [0.29, 0.717) is 6.61 Å². The number of aryl methyl sites for hydroxylation is 1. The molecule has 0 unspecified atom stereocenters. The van der Waals surface area contributed by atoms with Gasteiger partial charge in [0.15, 0.2) is 0 Å². The molecule has 0 atom stereocenters. The molecular formula is C15H18N2O. The molecule has 0 bridgehead atoms. The summed E-state index contributed by atoms with van der Waals surface area (Å²) >= 11 is 0. The van der Waals surface area contributed by atoms with Crippen LogP contribution in [0.25, 0.3) is 0 Å². The van der Waals surface area contributed by atoms with Gasteiger partial charge in [-0.25, -0.2) is 0 Å². The zero-order chi connectivity index (χ0) is 13.0. The molecule has 1 heterocycles. The second-order valence-corrected chi connectivity index (χ2v) is 4.38. The molecule has 3 nitrogen and oxygen atoms in total. The van der Waals surface area contributed by atoms with Crippen LogP contribution in [-0.4, -0.2) is 11.6 Å². The number of benzene rings is 1. The molecule has 0 saturated carbocycles. The number of pyridine rings is 1. The van der Waals surface area contributed by atoms with Gasteiger partial charge in [-0.2, -0.15) is 0 Å². The monoisotopic (exact) mass is 242 g/mol. The summed E-state index contributed by atoms with van der Waals surface area (Å²) in [6.45, 7) is 4.67. The summed E-state index contributed by atoms with van der Waals surface area (Å²) in [5.74, 6) is 0.907. The molecule has 0 amide bonds. The Bertz CT molecular complexity index is 524. The van der Waals surface area contributed by atoms with E-state index >= 15 is 0 Å². The second-order valence-electron chi connectivity index (χ2n) is 4.38. The van der Waals surface area contributed by atoms with Crippen LogP contribution >= 0.6 is 0 Å². The van der Waals surface area contributed by atoms with Gasteiger partial charge in [-0.15, -0.1) is 0 Å². The van der Waals surface area contributed by atoms with E-state index in [2.05, 4.69) is 4.98 Å². The summed E-state index contributed by atoms with van der Waals surface area (Å²) in [6.07, 6.45) is 4.47. The molecule has 18 heavy (non-hydrogen) atoms. The Morgan fingerprint density at radius 1 is 1.11 bits per heavy atom. The van der Waals surface area contributed by atoms with Crippen LogP contribution in [0.1, 0.15) is 16.7 Å². The van der Waals surface area contributed by atoms with E-state index in [1.165, 1.54) is 5.56 Å². The van der Waals surface area contributed by atoms with Gasteiger partial charge < -0.3 is 10.5 Å². The summed E-state index contributed by atoms with van der Waals surface area (Å²) < 4.78 is 5.85. The van der Waals surface area contributed by atoms with E-state index in [4.69, 9.17) is 10.5 Å². The Balaban J connectivity index is 2.01. The highest BCUT2D eigenvalue weighted by atomic mass is 16.5. The summed E-state index contributed by atoms with van der Waals surface area (Å²) in [7, 11) is 0. The first kappa shape index (κ1) is 12.4. The fourth-order valence-electron chi connectivity index (χ4n) is 1.88. The van der Waals surface area contributed by atoms with Gasteiger partial charge in [0, 0.05) is 30.1 Å². The molecule has 0 fully saturated rings. The Labute approximate surface area is 108 Å². The smallest absolute Gasteiger partial charge is 0.127 e. The minimum absolute atomic E-state index is 0.648. The van der Waals surface area contributed by atoms with Gasteiger partial charge in [0.1, 0.15) is 5.75 Å². The molecule has 94 valence electrons. The number of nitrogens with zero attached hydrogens (tertiary/aromatic N) is 1. The minimum atomic E-state index is 0.648. The SMILES string of the molecule is Cc1ccc(N)c(C)c1OCCc1ccncc1. The summed E-state index contributed by atoms with van der Waals surface area (Å²) in [4.78, 5) is 3.99. The van der Waals surface area contributed by atoms with Crippen molar-refractivity contribution in [1.29, 1.82) is 0 Å². The van der Waals surface area contributed by atoms with Crippen molar-refractivity contribution in [1.82, 2.24) is 4.98 Å². The maximum Gasteiger partial charge on any atom is 0.127 e. The molecule has 2 rings (SSSR count). The average molecular weight is 242 g/mol. The van der Waals surface area contributed by atoms with Crippen molar-refractivity contribution in [3.8, 4) is 5.75 Å². The maximum atomic E-state index is 5.88. The number of hydrogen-bond donors (Lipinski definition) is 1. The van der Waals surface area contributed by atoms with Crippen molar-refractivity contribution in [3.05, 3.63) is 53.3 Å². The van der Waals surface area contributed by atoms with Gasteiger partial charge >= 0.3 is 0 Å². The number of nitrogen functional groups attached to an aromatic ring is 1. The lowest BCUT2D eigenvalue weighted by Gasteiger charge is -2.13. The molecule has 0 aliphatic rings. The normalized spacial score (nSPS) is 10.3. The first-order valence-corrected chi connectivity index (χ1v) is 6.06. The fraction of sp³-hybridized carbons (Fsp3) is 0.267. The lowest BCUT2D eigenvalue weighted by atomic mass is 10.1. The van der Waals surface area contributed by atoms with Gasteiger partial charge in [0.25, 0.3) is 0 Å². The molecule has 1 aromatic carbocycles. The van der Waals surface area contributed by atoms with E-state index in [9.17, 15) is 0 Å². The zero-order valence-corrected chi connectivity index (χ0v) is 10.8. The number of anilines is 1. The minimum Gasteiger partial charge on any atom is -0.493 e. The van der Waals surface area contributed by atoms with Crippen LogP contribution in [0, 0.1) is 13.8 Å². The van der Waals surface area contributed by atoms with Gasteiger partial charge in [-0.1, -0.05) is 6.07 Å². The summed E-state index contributed by atoms with van der Waals surface area (Å²) in [6, 6.07) is 7.91. The van der Waals surface area contributed by atoms with Crippen molar-refractivity contribution < 1.29 is 4.74 Å². The molecular weight excluding hydrogens is 224 g/mol. The van der Waals surface area contributed by atoms with Crippen molar-refractivity contribution >= 4 is 5.69 Å². The third kappa shape index (κ3) is 2.80. The van der Waals surface area contributed by atoms with Crippen LogP contribution in [-0.2, 0) is 6.42 Å². The quantitative estimate of drug-likeness (QED) is 0.839. The van der Waals surface area contributed by atoms with Crippen molar-refractivity contribution in [2.45, 2.75) is 20.3 Å². The fourth-order valence-corrected chi connectivity index (χ4v) is 1.88. The largest absolute Gasteiger partial charge is 0.493 e. The van der Waals surface area contributed by atoms with Crippen LogP contribution in [0.15, 0.2) is 36.7 Å².